The highest BCUT2D eigenvalue weighted by Crippen LogP contribution is 2.26. The van der Waals surface area contributed by atoms with Gasteiger partial charge < -0.3 is 26.0 Å². The zero-order chi connectivity index (χ0) is 30.6. The number of nitrogens with zero attached hydrogens (tertiary/aromatic N) is 1. The van der Waals surface area contributed by atoms with E-state index in [1.807, 2.05) is 62.4 Å². The predicted octanol–water partition coefficient (Wildman–Crippen LogP) is 4.84. The normalized spacial score (nSPS) is 12.6. The maximum absolute atomic E-state index is 14.2. The average molecular weight is 567 g/mol. The number of benzene rings is 2. The first-order valence-electron chi connectivity index (χ1n) is 14.3. The van der Waals surface area contributed by atoms with Crippen molar-refractivity contribution in [1.29, 1.82) is 0 Å². The van der Waals surface area contributed by atoms with Gasteiger partial charge in [0.1, 0.15) is 17.7 Å². The number of carbonyl (C=O) groups is 4. The fourth-order valence-corrected chi connectivity index (χ4v) is 4.65. The van der Waals surface area contributed by atoms with Crippen molar-refractivity contribution in [3.63, 3.8) is 0 Å². The van der Waals surface area contributed by atoms with Crippen LogP contribution in [0, 0.1) is 13.8 Å². The van der Waals surface area contributed by atoms with E-state index in [0.717, 1.165) is 36.0 Å². The Balaban J connectivity index is 2.53. The Morgan fingerprint density at radius 3 is 2.15 bits per heavy atom. The summed E-state index contributed by atoms with van der Waals surface area (Å²) in [6.45, 7) is 11.6. The van der Waals surface area contributed by atoms with E-state index >= 15 is 0 Å². The molecule has 2 aromatic rings. The Labute approximate surface area is 244 Å². The summed E-state index contributed by atoms with van der Waals surface area (Å²) in [4.78, 5) is 54.2. The second kappa shape index (κ2) is 15.8. The Morgan fingerprint density at radius 1 is 0.951 bits per heavy atom. The van der Waals surface area contributed by atoms with Crippen LogP contribution in [0.3, 0.4) is 0 Å². The summed E-state index contributed by atoms with van der Waals surface area (Å²) in [6.07, 6.45) is 2.18. The molecule has 0 saturated carbocycles. The van der Waals surface area contributed by atoms with Gasteiger partial charge in [-0.3, -0.25) is 14.4 Å². The lowest BCUT2D eigenvalue weighted by atomic mass is 9.97. The van der Waals surface area contributed by atoms with E-state index in [9.17, 15) is 19.2 Å². The second-order valence-electron chi connectivity index (χ2n) is 11.5. The number of unbranched alkanes of at least 4 members (excludes halogenated alkanes) is 3. The summed E-state index contributed by atoms with van der Waals surface area (Å²) in [5, 5.41) is 5.52. The lowest BCUT2D eigenvalue weighted by molar-refractivity contribution is -0.143. The molecule has 0 aliphatic heterocycles. The van der Waals surface area contributed by atoms with Crippen LogP contribution in [-0.4, -0.2) is 46.9 Å². The molecule has 224 valence electrons. The molecule has 2 aromatic carbocycles. The number of primary amides is 1. The number of aryl methyl sites for hydroxylation is 2. The van der Waals surface area contributed by atoms with Crippen LogP contribution >= 0.6 is 0 Å². The van der Waals surface area contributed by atoms with Gasteiger partial charge in [0.15, 0.2) is 0 Å². The molecule has 41 heavy (non-hydrogen) atoms. The molecule has 0 aliphatic rings. The number of hydrogen-bond acceptors (Lipinski definition) is 5. The molecule has 2 rings (SSSR count). The SMILES string of the molecule is CCCCCCN(C(=O)C(CC(N)=O)NC(=O)OC(C)(C)C)C(C(=O)NCc1ccccc1)c1cc(C)cc(C)c1. The first-order valence-corrected chi connectivity index (χ1v) is 14.3. The van der Waals surface area contributed by atoms with Crippen molar-refractivity contribution >= 4 is 23.8 Å². The number of ether oxygens (including phenoxy) is 1. The Kier molecular flexibility index (Phi) is 12.8. The van der Waals surface area contributed by atoms with Crippen LogP contribution in [-0.2, 0) is 25.7 Å². The van der Waals surface area contributed by atoms with Gasteiger partial charge in [0.25, 0.3) is 0 Å². The number of amides is 4. The van der Waals surface area contributed by atoms with Gasteiger partial charge in [-0.05, 0) is 52.2 Å². The summed E-state index contributed by atoms with van der Waals surface area (Å²) in [5.41, 5.74) is 8.13. The van der Waals surface area contributed by atoms with E-state index in [0.29, 0.717) is 12.0 Å². The minimum absolute atomic E-state index is 0.251. The highest BCUT2D eigenvalue weighted by atomic mass is 16.6. The van der Waals surface area contributed by atoms with Gasteiger partial charge in [-0.25, -0.2) is 4.79 Å². The highest BCUT2D eigenvalue weighted by Gasteiger charge is 2.37. The Bertz CT molecular complexity index is 1160. The van der Waals surface area contributed by atoms with Crippen LogP contribution < -0.4 is 16.4 Å². The summed E-state index contributed by atoms with van der Waals surface area (Å²) in [6, 6.07) is 13.0. The standard InChI is InChI=1S/C32H46N4O5/c1-7-8-9-13-16-36(30(39)26(20-27(33)37)35-31(40)41-32(4,5)6)28(25-18-22(2)17-23(3)19-25)29(38)34-21-24-14-11-10-12-15-24/h10-12,14-15,17-19,26,28H,7-9,13,16,20-21H2,1-6H3,(H2,33,37)(H,34,38)(H,35,40). The number of nitrogens with one attached hydrogen (secondary N) is 2. The van der Waals surface area contributed by atoms with Crippen LogP contribution in [0.2, 0.25) is 0 Å². The first-order chi connectivity index (χ1) is 19.3. The molecule has 0 spiro atoms. The van der Waals surface area contributed by atoms with Gasteiger partial charge >= 0.3 is 6.09 Å². The van der Waals surface area contributed by atoms with Crippen LogP contribution in [0.4, 0.5) is 4.79 Å². The van der Waals surface area contributed by atoms with Gasteiger partial charge in [-0.2, -0.15) is 0 Å². The number of hydrogen-bond donors (Lipinski definition) is 3. The fraction of sp³-hybridized carbons (Fsp3) is 0.500. The van der Waals surface area contributed by atoms with Crippen LogP contribution in [0.1, 0.15) is 88.1 Å². The zero-order valence-corrected chi connectivity index (χ0v) is 25.3. The van der Waals surface area contributed by atoms with E-state index in [2.05, 4.69) is 17.6 Å². The van der Waals surface area contributed by atoms with Gasteiger partial charge in [0.05, 0.1) is 6.42 Å². The lowest BCUT2D eigenvalue weighted by Gasteiger charge is -2.34. The molecule has 0 heterocycles. The Hall–Kier alpha value is -3.88. The molecule has 0 radical (unpaired) electrons. The van der Waals surface area contributed by atoms with Crippen molar-refractivity contribution in [3.8, 4) is 0 Å². The molecule has 4 amide bonds. The van der Waals surface area contributed by atoms with Crippen molar-refractivity contribution in [2.75, 3.05) is 6.54 Å². The monoisotopic (exact) mass is 566 g/mol. The van der Waals surface area contributed by atoms with Gasteiger partial charge in [0.2, 0.25) is 17.7 Å². The molecule has 0 aliphatic carbocycles. The second-order valence-corrected chi connectivity index (χ2v) is 11.5. The van der Waals surface area contributed by atoms with Crippen molar-refractivity contribution in [1.82, 2.24) is 15.5 Å². The number of rotatable bonds is 14. The van der Waals surface area contributed by atoms with E-state index in [-0.39, 0.29) is 19.0 Å². The molecule has 2 unspecified atom stereocenters. The van der Waals surface area contributed by atoms with Gasteiger partial charge in [-0.15, -0.1) is 0 Å². The van der Waals surface area contributed by atoms with Crippen molar-refractivity contribution in [2.45, 2.75) is 97.9 Å². The van der Waals surface area contributed by atoms with Crippen molar-refractivity contribution in [3.05, 3.63) is 70.8 Å². The van der Waals surface area contributed by atoms with Gasteiger partial charge in [0, 0.05) is 13.1 Å². The number of nitrogens with two attached hydrogens (primary N) is 1. The molecular weight excluding hydrogens is 520 g/mol. The maximum Gasteiger partial charge on any atom is 0.408 e. The molecule has 0 aromatic heterocycles. The minimum Gasteiger partial charge on any atom is -0.444 e. The van der Waals surface area contributed by atoms with Crippen LogP contribution in [0.15, 0.2) is 48.5 Å². The summed E-state index contributed by atoms with van der Waals surface area (Å²) >= 11 is 0. The summed E-state index contributed by atoms with van der Waals surface area (Å²) < 4.78 is 5.35. The fourth-order valence-electron chi connectivity index (χ4n) is 4.65. The molecule has 9 nitrogen and oxygen atoms in total. The highest BCUT2D eigenvalue weighted by molar-refractivity contribution is 5.94. The summed E-state index contributed by atoms with van der Waals surface area (Å²) in [5.74, 6) is -1.70. The van der Waals surface area contributed by atoms with Crippen LogP contribution in [0.5, 0.6) is 0 Å². The largest absolute Gasteiger partial charge is 0.444 e. The topological polar surface area (TPSA) is 131 Å². The molecule has 4 N–H and O–H groups in total. The summed E-state index contributed by atoms with van der Waals surface area (Å²) in [7, 11) is 0. The molecule has 0 bridgehead atoms. The van der Waals surface area contributed by atoms with E-state index in [1.165, 1.54) is 4.90 Å². The zero-order valence-electron chi connectivity index (χ0n) is 25.3. The van der Waals surface area contributed by atoms with Crippen molar-refractivity contribution < 1.29 is 23.9 Å². The number of carbonyl (C=O) groups excluding carboxylic acids is 4. The third kappa shape index (κ3) is 11.6. The lowest BCUT2D eigenvalue weighted by Crippen LogP contribution is -2.54. The maximum atomic E-state index is 14.2. The quantitative estimate of drug-likeness (QED) is 0.282. The third-order valence-corrected chi connectivity index (χ3v) is 6.36. The van der Waals surface area contributed by atoms with Crippen LogP contribution in [0.25, 0.3) is 0 Å². The first kappa shape index (κ1) is 33.3. The van der Waals surface area contributed by atoms with E-state index < -0.39 is 42.0 Å². The van der Waals surface area contributed by atoms with E-state index in [1.54, 1.807) is 20.8 Å². The molecular formula is C32H46N4O5. The van der Waals surface area contributed by atoms with Gasteiger partial charge in [-0.1, -0.05) is 85.8 Å². The molecule has 0 saturated heterocycles. The third-order valence-electron chi connectivity index (χ3n) is 6.36. The van der Waals surface area contributed by atoms with E-state index in [4.69, 9.17) is 10.5 Å². The molecule has 2 atom stereocenters. The minimum atomic E-state index is -1.30. The van der Waals surface area contributed by atoms with Crippen molar-refractivity contribution in [2.24, 2.45) is 5.73 Å². The molecule has 9 heteroatoms. The predicted molar refractivity (Wildman–Crippen MR) is 160 cm³/mol. The number of alkyl carbamates (subject to hydrolysis) is 1. The smallest absolute Gasteiger partial charge is 0.408 e. The average Bonchev–Trinajstić information content (AvgIpc) is 2.87. The Morgan fingerprint density at radius 2 is 1.59 bits per heavy atom. The molecule has 0 fully saturated rings.